The van der Waals surface area contributed by atoms with Crippen LogP contribution in [0.3, 0.4) is 0 Å². The molecule has 28 valence electrons. The molecule has 0 aromatic rings. The first kappa shape index (κ1) is 3.43. The van der Waals surface area contributed by atoms with Gasteiger partial charge >= 0.3 is 0 Å². The van der Waals surface area contributed by atoms with Crippen LogP contribution in [0.4, 0.5) is 0 Å². The van der Waals surface area contributed by atoms with E-state index in [1.165, 1.54) is 0 Å². The Balaban J connectivity index is 2.32. The van der Waals surface area contributed by atoms with Gasteiger partial charge in [-0.1, -0.05) is 10.8 Å². The standard InChI is InChI=1S/C2H2NS2/c1-2-4-5-3-1/h2-3H/q-1. The molecule has 0 radical (unpaired) electrons. The molecule has 1 nitrogen and oxygen atoms in total. The van der Waals surface area contributed by atoms with Crippen LogP contribution in [0.2, 0.25) is 0 Å². The quantitative estimate of drug-likeness (QED) is 0.281. The zero-order chi connectivity index (χ0) is 3.54. The second-order valence-electron chi connectivity index (χ2n) is 0.544. The zero-order valence-electron chi connectivity index (χ0n) is 2.39. The average molecular weight is 104 g/mol. The lowest BCUT2D eigenvalue weighted by Gasteiger charge is -1.91. The van der Waals surface area contributed by atoms with E-state index >= 15 is 0 Å². The Kier molecular flexibility index (Phi) is 1.11. The van der Waals surface area contributed by atoms with E-state index in [1.807, 2.05) is 5.41 Å². The van der Waals surface area contributed by atoms with Gasteiger partial charge in [0.1, 0.15) is 0 Å². The molecule has 0 amide bonds. The van der Waals surface area contributed by atoms with Gasteiger partial charge in [0, 0.05) is 0 Å². The molecule has 0 fully saturated rings. The zero-order valence-corrected chi connectivity index (χ0v) is 4.03. The third-order valence-electron chi connectivity index (χ3n) is 0.256. The number of rotatable bonds is 0. The molecule has 0 unspecified atom stereocenters. The minimum atomic E-state index is 1.57. The molecule has 0 saturated carbocycles. The highest BCUT2D eigenvalue weighted by Gasteiger charge is 1.70. The second-order valence-corrected chi connectivity index (χ2v) is 2.42. The van der Waals surface area contributed by atoms with E-state index < -0.39 is 0 Å². The first-order valence-corrected chi connectivity index (χ1v) is 3.36. The van der Waals surface area contributed by atoms with Crippen molar-refractivity contribution in [1.82, 2.24) is 4.72 Å². The van der Waals surface area contributed by atoms with E-state index in [0.29, 0.717) is 0 Å². The molecule has 1 aliphatic rings. The Bertz CT molecular complexity index is 45.6. The van der Waals surface area contributed by atoms with Crippen LogP contribution in [-0.2, 0) is 0 Å². The highest BCUT2D eigenvalue weighted by Crippen LogP contribution is 2.22. The van der Waals surface area contributed by atoms with Crippen LogP contribution in [0.5, 0.6) is 0 Å². The smallest absolute Gasteiger partial charge is 0.0151 e. The largest absolute Gasteiger partial charge is 0.503 e. The van der Waals surface area contributed by atoms with Crippen molar-refractivity contribution in [1.29, 1.82) is 0 Å². The molecule has 0 bridgehead atoms. The van der Waals surface area contributed by atoms with Crippen molar-refractivity contribution in [3.63, 3.8) is 0 Å². The molecule has 0 spiro atoms. The molecule has 0 saturated heterocycles. The SMILES string of the molecule is [C-]1=CSSN1. The van der Waals surface area contributed by atoms with Crippen LogP contribution in [0.15, 0.2) is 5.41 Å². The number of hydrogen-bond acceptors (Lipinski definition) is 3. The van der Waals surface area contributed by atoms with Crippen LogP contribution in [0.25, 0.3) is 0 Å². The lowest BCUT2D eigenvalue weighted by Crippen LogP contribution is -1.77. The molecule has 1 N–H and O–H groups in total. The average Bonchev–Trinajstić information content (AvgIpc) is 1.76. The Morgan fingerprint density at radius 2 is 2.80 bits per heavy atom. The molecule has 3 heteroatoms. The van der Waals surface area contributed by atoms with Crippen LogP contribution >= 0.6 is 21.8 Å². The summed E-state index contributed by atoms with van der Waals surface area (Å²) in [5.41, 5.74) is 0. The fraction of sp³-hybridized carbons (Fsp3) is 0. The third-order valence-corrected chi connectivity index (χ3v) is 1.59. The Morgan fingerprint density at radius 3 is 3.00 bits per heavy atom. The molecular formula is C2H2NS2-. The first-order chi connectivity index (χ1) is 2.50. The second kappa shape index (κ2) is 1.62. The minimum Gasteiger partial charge on any atom is -0.503 e. The van der Waals surface area contributed by atoms with E-state index in [4.69, 9.17) is 0 Å². The van der Waals surface area contributed by atoms with Crippen LogP contribution in [0, 0.1) is 6.20 Å². The van der Waals surface area contributed by atoms with E-state index in [1.54, 1.807) is 21.8 Å². The van der Waals surface area contributed by atoms with Gasteiger partial charge < -0.3 is 10.9 Å². The molecule has 0 aliphatic carbocycles. The lowest BCUT2D eigenvalue weighted by atomic mass is 11.1. The highest BCUT2D eigenvalue weighted by atomic mass is 33.1. The summed E-state index contributed by atoms with van der Waals surface area (Å²) in [6.45, 7) is 0. The topological polar surface area (TPSA) is 12.0 Å². The Labute approximate surface area is 38.7 Å². The van der Waals surface area contributed by atoms with Crippen molar-refractivity contribution in [2.24, 2.45) is 0 Å². The van der Waals surface area contributed by atoms with E-state index in [2.05, 4.69) is 10.9 Å². The molecule has 1 heterocycles. The highest BCUT2D eigenvalue weighted by molar-refractivity contribution is 8.77. The molecule has 5 heavy (non-hydrogen) atoms. The van der Waals surface area contributed by atoms with Gasteiger partial charge in [-0.2, -0.15) is 5.41 Å². The maximum absolute atomic E-state index is 2.80. The maximum atomic E-state index is 2.80. The van der Waals surface area contributed by atoms with Gasteiger partial charge in [-0.05, 0) is 11.0 Å². The van der Waals surface area contributed by atoms with Gasteiger partial charge in [0.25, 0.3) is 0 Å². The van der Waals surface area contributed by atoms with Crippen LogP contribution in [0.1, 0.15) is 0 Å². The van der Waals surface area contributed by atoms with E-state index in [-0.39, 0.29) is 0 Å². The van der Waals surface area contributed by atoms with Gasteiger partial charge in [0.15, 0.2) is 0 Å². The van der Waals surface area contributed by atoms with Crippen molar-refractivity contribution < 1.29 is 0 Å². The van der Waals surface area contributed by atoms with Crippen LogP contribution < -0.4 is 4.72 Å². The summed E-state index contributed by atoms with van der Waals surface area (Å²) < 4.78 is 2.80. The summed E-state index contributed by atoms with van der Waals surface area (Å²) in [4.78, 5) is 0. The fourth-order valence-electron chi connectivity index (χ4n) is 0.120. The summed E-state index contributed by atoms with van der Waals surface area (Å²) in [5.74, 6) is 0. The van der Waals surface area contributed by atoms with Crippen molar-refractivity contribution in [3.8, 4) is 0 Å². The minimum absolute atomic E-state index is 1.57. The molecule has 1 rings (SSSR count). The van der Waals surface area contributed by atoms with Gasteiger partial charge in [-0.25, -0.2) is 0 Å². The van der Waals surface area contributed by atoms with Crippen molar-refractivity contribution >= 4 is 21.8 Å². The third kappa shape index (κ3) is 0.775. The van der Waals surface area contributed by atoms with Gasteiger partial charge in [0.2, 0.25) is 0 Å². The predicted molar refractivity (Wildman–Crippen MR) is 26.1 cm³/mol. The van der Waals surface area contributed by atoms with Gasteiger partial charge in [0.05, 0.1) is 0 Å². The Hall–Kier alpha value is 0.240. The number of nitrogens with one attached hydrogen (secondary N) is 1. The summed E-state index contributed by atoms with van der Waals surface area (Å²) in [5, 5.41) is 1.88. The van der Waals surface area contributed by atoms with Gasteiger partial charge in [-0.3, -0.25) is 0 Å². The van der Waals surface area contributed by atoms with Crippen LogP contribution in [-0.4, -0.2) is 0 Å². The molecule has 0 atom stereocenters. The summed E-state index contributed by atoms with van der Waals surface area (Å²) in [6, 6.07) is 0. The van der Waals surface area contributed by atoms with E-state index in [0.717, 1.165) is 0 Å². The molecule has 0 aromatic heterocycles. The lowest BCUT2D eigenvalue weighted by molar-refractivity contribution is 1.39. The monoisotopic (exact) mass is 104 g/mol. The predicted octanol–water partition coefficient (Wildman–Crippen LogP) is 1.16. The van der Waals surface area contributed by atoms with Gasteiger partial charge in [-0.15, -0.1) is 0 Å². The van der Waals surface area contributed by atoms with E-state index in [9.17, 15) is 0 Å². The maximum Gasteiger partial charge on any atom is -0.0151 e. The molecule has 0 aromatic carbocycles. The number of hydrogen-bond donors (Lipinski definition) is 1. The normalized spacial score (nSPS) is 19.2. The van der Waals surface area contributed by atoms with Crippen molar-refractivity contribution in [2.45, 2.75) is 0 Å². The van der Waals surface area contributed by atoms with Crippen molar-refractivity contribution in [2.75, 3.05) is 0 Å². The first-order valence-electron chi connectivity index (χ1n) is 1.15. The summed E-state index contributed by atoms with van der Waals surface area (Å²) in [6.07, 6.45) is 2.77. The summed E-state index contributed by atoms with van der Waals surface area (Å²) >= 11 is 0. The molecule has 1 aliphatic heterocycles. The molecular weight excluding hydrogens is 102 g/mol. The fourth-order valence-corrected chi connectivity index (χ4v) is 1.08. The summed E-state index contributed by atoms with van der Waals surface area (Å²) in [7, 11) is 3.22. The Morgan fingerprint density at radius 1 is 1.80 bits per heavy atom. The van der Waals surface area contributed by atoms with Crippen molar-refractivity contribution in [3.05, 3.63) is 11.6 Å².